The third-order valence-electron chi connectivity index (χ3n) is 6.69. The maximum atomic E-state index is 12.4. The van der Waals surface area contributed by atoms with Crippen LogP contribution < -0.4 is 5.32 Å². The summed E-state index contributed by atoms with van der Waals surface area (Å²) in [7, 11) is 0. The molecule has 2 unspecified atom stereocenters. The molecule has 0 bridgehead atoms. The highest BCUT2D eigenvalue weighted by Crippen LogP contribution is 2.46. The number of aliphatic hydroxyl groups excluding tert-OH is 1. The number of carbonyl (C=O) groups is 2. The van der Waals surface area contributed by atoms with E-state index < -0.39 is 6.10 Å². The van der Waals surface area contributed by atoms with Gasteiger partial charge in [-0.25, -0.2) is 9.78 Å². The number of benzene rings is 1. The minimum atomic E-state index is -0.644. The number of nitrogens with zero attached hydrogens (tertiary/aromatic N) is 3. The smallest absolute Gasteiger partial charge is 0.338 e. The number of amides is 1. The molecule has 5 rings (SSSR count). The quantitative estimate of drug-likeness (QED) is 0.704. The standard InChI is InChI=1S/C23H22N4O4/c1-12-14(3-4-15-18(12)11-31-23(15)30)20(28)10-27-8-16-17(9-27)21(16)26-22(29)19-5-2-13(6-24)7-25-19/h2-5,7,16-17,20-21,28H,8-11H2,1H3,(H,26,29)/t16?,17?,20-,21?/m0/s1. The first-order valence-electron chi connectivity index (χ1n) is 10.3. The summed E-state index contributed by atoms with van der Waals surface area (Å²) in [4.78, 5) is 30.3. The highest BCUT2D eigenvalue weighted by molar-refractivity contribution is 5.94. The molecule has 1 aromatic carbocycles. The van der Waals surface area contributed by atoms with Gasteiger partial charge in [0.15, 0.2) is 0 Å². The Morgan fingerprint density at radius 1 is 1.35 bits per heavy atom. The summed E-state index contributed by atoms with van der Waals surface area (Å²) in [6.45, 7) is 4.34. The highest BCUT2D eigenvalue weighted by Gasteiger charge is 2.56. The summed E-state index contributed by atoms with van der Waals surface area (Å²) in [5, 5.41) is 22.7. The molecule has 31 heavy (non-hydrogen) atoms. The molecular formula is C23H22N4O4. The number of nitrogens with one attached hydrogen (secondary N) is 1. The number of esters is 1. The molecule has 2 aromatic rings. The van der Waals surface area contributed by atoms with Crippen molar-refractivity contribution in [3.63, 3.8) is 0 Å². The molecule has 158 valence electrons. The lowest BCUT2D eigenvalue weighted by Gasteiger charge is -2.24. The maximum Gasteiger partial charge on any atom is 0.338 e. The zero-order valence-corrected chi connectivity index (χ0v) is 17.0. The summed E-state index contributed by atoms with van der Waals surface area (Å²) < 4.78 is 5.09. The van der Waals surface area contributed by atoms with Gasteiger partial charge in [-0.15, -0.1) is 0 Å². The molecule has 1 aliphatic carbocycles. The Morgan fingerprint density at radius 2 is 2.13 bits per heavy atom. The molecule has 1 aromatic heterocycles. The van der Waals surface area contributed by atoms with Crippen LogP contribution >= 0.6 is 0 Å². The van der Waals surface area contributed by atoms with Crippen LogP contribution in [-0.2, 0) is 11.3 Å². The van der Waals surface area contributed by atoms with Gasteiger partial charge in [0.25, 0.3) is 5.91 Å². The first-order valence-corrected chi connectivity index (χ1v) is 10.3. The van der Waals surface area contributed by atoms with E-state index in [1.54, 1.807) is 18.2 Å². The number of hydrogen-bond acceptors (Lipinski definition) is 7. The van der Waals surface area contributed by atoms with Crippen LogP contribution in [-0.4, -0.2) is 52.5 Å². The lowest BCUT2D eigenvalue weighted by Crippen LogP contribution is -2.36. The Bertz CT molecular complexity index is 1100. The molecule has 3 aliphatic rings. The lowest BCUT2D eigenvalue weighted by molar-refractivity contribution is 0.0534. The topological polar surface area (TPSA) is 116 Å². The summed E-state index contributed by atoms with van der Waals surface area (Å²) in [6, 6.07) is 8.81. The number of hydrogen-bond donors (Lipinski definition) is 2. The fourth-order valence-corrected chi connectivity index (χ4v) is 4.87. The number of nitriles is 1. The molecule has 2 N–H and O–H groups in total. The zero-order valence-electron chi connectivity index (χ0n) is 17.0. The Hall–Kier alpha value is -3.28. The molecule has 2 fully saturated rings. The second-order valence-corrected chi connectivity index (χ2v) is 8.49. The Labute approximate surface area is 179 Å². The minimum Gasteiger partial charge on any atom is -0.457 e. The Kier molecular flexibility index (Phi) is 4.73. The molecule has 0 spiro atoms. The Balaban J connectivity index is 1.15. The van der Waals surface area contributed by atoms with Crippen LogP contribution in [0.15, 0.2) is 30.5 Å². The number of aromatic nitrogens is 1. The molecule has 3 heterocycles. The van der Waals surface area contributed by atoms with Crippen LogP contribution in [0.3, 0.4) is 0 Å². The van der Waals surface area contributed by atoms with Gasteiger partial charge in [-0.2, -0.15) is 5.26 Å². The van der Waals surface area contributed by atoms with E-state index in [0.29, 0.717) is 35.2 Å². The molecule has 3 atom stereocenters. The number of ether oxygens (including phenoxy) is 1. The van der Waals surface area contributed by atoms with Crippen molar-refractivity contribution in [3.05, 3.63) is 64.0 Å². The van der Waals surface area contributed by atoms with Crippen LogP contribution in [0.4, 0.5) is 0 Å². The predicted molar refractivity (Wildman–Crippen MR) is 109 cm³/mol. The molecule has 2 aliphatic heterocycles. The maximum absolute atomic E-state index is 12.4. The summed E-state index contributed by atoms with van der Waals surface area (Å²) in [5.41, 5.74) is 3.93. The number of pyridine rings is 1. The van der Waals surface area contributed by atoms with Crippen molar-refractivity contribution in [2.45, 2.75) is 25.7 Å². The molecule has 8 nitrogen and oxygen atoms in total. The Morgan fingerprint density at radius 3 is 2.81 bits per heavy atom. The average molecular weight is 418 g/mol. The van der Waals surface area contributed by atoms with Crippen LogP contribution in [0.2, 0.25) is 0 Å². The normalized spacial score (nSPS) is 24.7. The van der Waals surface area contributed by atoms with Crippen molar-refractivity contribution in [1.82, 2.24) is 15.2 Å². The van der Waals surface area contributed by atoms with Crippen LogP contribution in [0.25, 0.3) is 0 Å². The fraction of sp³-hybridized carbons (Fsp3) is 0.391. The van der Waals surface area contributed by atoms with Gasteiger partial charge in [-0.05, 0) is 48.1 Å². The van der Waals surface area contributed by atoms with Crippen molar-refractivity contribution < 1.29 is 19.4 Å². The van der Waals surface area contributed by atoms with E-state index in [9.17, 15) is 14.7 Å². The predicted octanol–water partition coefficient (Wildman–Crippen LogP) is 1.33. The van der Waals surface area contributed by atoms with Gasteiger partial charge in [-0.3, -0.25) is 9.69 Å². The molecular weight excluding hydrogens is 396 g/mol. The van der Waals surface area contributed by atoms with E-state index >= 15 is 0 Å². The molecule has 8 heteroatoms. The van der Waals surface area contributed by atoms with Gasteiger partial charge < -0.3 is 15.2 Å². The number of carbonyl (C=O) groups excluding carboxylic acids is 2. The number of likely N-dealkylation sites (tertiary alicyclic amines) is 1. The number of cyclic esters (lactones) is 1. The summed E-state index contributed by atoms with van der Waals surface area (Å²) in [6.07, 6.45) is 0.753. The molecule has 1 saturated heterocycles. The number of aliphatic hydroxyl groups is 1. The highest BCUT2D eigenvalue weighted by atomic mass is 16.5. The first-order chi connectivity index (χ1) is 15.0. The van der Waals surface area contributed by atoms with Gasteiger partial charge in [0, 0.05) is 37.4 Å². The van der Waals surface area contributed by atoms with Gasteiger partial charge in [-0.1, -0.05) is 6.07 Å². The van der Waals surface area contributed by atoms with E-state index in [0.717, 1.165) is 29.8 Å². The van der Waals surface area contributed by atoms with Crippen molar-refractivity contribution in [2.75, 3.05) is 19.6 Å². The number of rotatable bonds is 5. The van der Waals surface area contributed by atoms with Crippen molar-refractivity contribution >= 4 is 11.9 Å². The van der Waals surface area contributed by atoms with Crippen molar-refractivity contribution in [2.24, 2.45) is 11.8 Å². The van der Waals surface area contributed by atoms with Crippen LogP contribution in [0.5, 0.6) is 0 Å². The molecule has 1 saturated carbocycles. The molecule has 0 radical (unpaired) electrons. The van der Waals surface area contributed by atoms with Gasteiger partial charge in [0.2, 0.25) is 0 Å². The number of fused-ring (bicyclic) bond motifs is 2. The minimum absolute atomic E-state index is 0.128. The van der Waals surface area contributed by atoms with E-state index in [4.69, 9.17) is 10.00 Å². The second kappa shape index (κ2) is 7.45. The third-order valence-corrected chi connectivity index (χ3v) is 6.69. The number of β-amino-alcohol motifs (C(OH)–C–C–N with tert-alkyl or cyclic N) is 1. The number of piperidine rings is 1. The second-order valence-electron chi connectivity index (χ2n) is 8.49. The largest absolute Gasteiger partial charge is 0.457 e. The van der Waals surface area contributed by atoms with Crippen molar-refractivity contribution in [1.29, 1.82) is 5.26 Å². The average Bonchev–Trinajstić information content (AvgIpc) is 3.07. The fourth-order valence-electron chi connectivity index (χ4n) is 4.87. The van der Waals surface area contributed by atoms with E-state index in [1.807, 2.05) is 19.1 Å². The van der Waals surface area contributed by atoms with E-state index in [1.165, 1.54) is 6.20 Å². The lowest BCUT2D eigenvalue weighted by atomic mass is 9.95. The SMILES string of the molecule is Cc1c([C@@H](O)CN2CC3C(C2)C3NC(=O)c2ccc(C#N)cn2)ccc2c1COC2=O. The van der Waals surface area contributed by atoms with E-state index in [2.05, 4.69) is 15.2 Å². The first kappa shape index (κ1) is 19.7. The monoisotopic (exact) mass is 418 g/mol. The van der Waals surface area contributed by atoms with Gasteiger partial charge >= 0.3 is 5.97 Å². The zero-order chi connectivity index (χ0) is 21.7. The third kappa shape index (κ3) is 3.46. The van der Waals surface area contributed by atoms with Crippen LogP contribution in [0, 0.1) is 30.1 Å². The van der Waals surface area contributed by atoms with E-state index in [-0.39, 0.29) is 24.5 Å². The summed E-state index contributed by atoms with van der Waals surface area (Å²) in [5.74, 6) is 0.229. The van der Waals surface area contributed by atoms with Gasteiger partial charge in [0.05, 0.1) is 17.2 Å². The molecule has 1 amide bonds. The summed E-state index contributed by atoms with van der Waals surface area (Å²) >= 11 is 0. The van der Waals surface area contributed by atoms with Gasteiger partial charge in [0.1, 0.15) is 18.4 Å². The van der Waals surface area contributed by atoms with Crippen LogP contribution in [0.1, 0.15) is 49.2 Å². The van der Waals surface area contributed by atoms with Crippen molar-refractivity contribution in [3.8, 4) is 6.07 Å².